The molecule has 1 amide bonds. The molecule has 0 radical (unpaired) electrons. The highest BCUT2D eigenvalue weighted by Gasteiger charge is 2.22. The smallest absolute Gasteiger partial charge is 0.275 e. The van der Waals surface area contributed by atoms with Gasteiger partial charge in [-0.2, -0.15) is 0 Å². The number of rotatable bonds is 4. The van der Waals surface area contributed by atoms with Crippen molar-refractivity contribution >= 4 is 23.1 Å². The molecule has 1 aliphatic rings. The second kappa shape index (κ2) is 7.51. The van der Waals surface area contributed by atoms with Crippen molar-refractivity contribution in [3.05, 3.63) is 48.1 Å². The zero-order valence-corrected chi connectivity index (χ0v) is 15.8. The number of nitrogens with zero attached hydrogens (tertiary/aromatic N) is 5. The van der Waals surface area contributed by atoms with E-state index < -0.39 is 11.7 Å². The predicted molar refractivity (Wildman–Crippen MR) is 104 cm³/mol. The highest BCUT2D eigenvalue weighted by atomic mass is 19.1. The molecule has 0 bridgehead atoms. The van der Waals surface area contributed by atoms with Gasteiger partial charge in [-0.05, 0) is 13.3 Å². The number of halogens is 1. The van der Waals surface area contributed by atoms with Crippen molar-refractivity contribution in [2.24, 2.45) is 0 Å². The average molecular weight is 383 g/mol. The summed E-state index contributed by atoms with van der Waals surface area (Å²) >= 11 is 0. The topological polar surface area (TPSA) is 87.5 Å². The van der Waals surface area contributed by atoms with E-state index in [0.29, 0.717) is 17.4 Å². The van der Waals surface area contributed by atoms with Crippen molar-refractivity contribution in [1.82, 2.24) is 24.7 Å². The number of nitrogens with one attached hydrogen (secondary N) is 2. The lowest BCUT2D eigenvalue weighted by Crippen LogP contribution is -2.51. The third-order valence-electron chi connectivity index (χ3n) is 4.87. The number of aryl methyl sites for hydroxylation is 1. The number of amides is 1. The Labute approximate surface area is 161 Å². The van der Waals surface area contributed by atoms with Gasteiger partial charge < -0.3 is 19.9 Å². The fourth-order valence-electron chi connectivity index (χ4n) is 3.46. The van der Waals surface area contributed by atoms with Gasteiger partial charge in [-0.15, -0.1) is 0 Å². The van der Waals surface area contributed by atoms with Crippen molar-refractivity contribution in [3.8, 4) is 0 Å². The van der Waals surface area contributed by atoms with Gasteiger partial charge in [0.15, 0.2) is 11.5 Å². The lowest BCUT2D eigenvalue weighted by atomic mass is 10.1. The first-order chi connectivity index (χ1) is 13.5. The number of anilines is 2. The zero-order valence-electron chi connectivity index (χ0n) is 15.8. The number of carbonyl (C=O) groups excluding carboxylic acids is 1. The van der Waals surface area contributed by atoms with Gasteiger partial charge in [-0.1, -0.05) is 6.92 Å². The Balaban J connectivity index is 1.51. The number of hydrogen-bond donors (Lipinski definition) is 2. The van der Waals surface area contributed by atoms with E-state index in [9.17, 15) is 9.18 Å². The Morgan fingerprint density at radius 3 is 2.96 bits per heavy atom. The first-order valence-electron chi connectivity index (χ1n) is 9.30. The summed E-state index contributed by atoms with van der Waals surface area (Å²) in [7, 11) is 0. The van der Waals surface area contributed by atoms with E-state index >= 15 is 0 Å². The van der Waals surface area contributed by atoms with Gasteiger partial charge in [-0.25, -0.2) is 19.3 Å². The average Bonchev–Trinajstić information content (AvgIpc) is 3.09. The van der Waals surface area contributed by atoms with E-state index in [0.717, 1.165) is 31.9 Å². The van der Waals surface area contributed by atoms with Crippen LogP contribution >= 0.6 is 0 Å². The fourth-order valence-corrected chi connectivity index (χ4v) is 3.46. The van der Waals surface area contributed by atoms with Crippen molar-refractivity contribution < 1.29 is 9.18 Å². The zero-order chi connectivity index (χ0) is 19.7. The molecule has 28 heavy (non-hydrogen) atoms. The molecule has 1 atom stereocenters. The van der Waals surface area contributed by atoms with Gasteiger partial charge in [-0.3, -0.25) is 4.79 Å². The van der Waals surface area contributed by atoms with Crippen LogP contribution in [0.5, 0.6) is 0 Å². The van der Waals surface area contributed by atoms with Crippen LogP contribution in [-0.4, -0.2) is 50.9 Å². The molecule has 2 N–H and O–H groups in total. The lowest BCUT2D eigenvalue weighted by molar-refractivity contribution is 0.102. The number of carbonyl (C=O) groups is 1. The monoisotopic (exact) mass is 383 g/mol. The molecule has 146 valence electrons. The largest absolute Gasteiger partial charge is 0.350 e. The predicted octanol–water partition coefficient (Wildman–Crippen LogP) is 2.01. The summed E-state index contributed by atoms with van der Waals surface area (Å²) in [6.07, 6.45) is 7.38. The third-order valence-corrected chi connectivity index (χ3v) is 4.87. The number of imidazole rings is 1. The molecule has 1 saturated heterocycles. The van der Waals surface area contributed by atoms with Crippen LogP contribution in [0.1, 0.15) is 29.5 Å². The summed E-state index contributed by atoms with van der Waals surface area (Å²) in [5.41, 5.74) is 1.42. The fraction of sp³-hybridized carbons (Fsp3) is 0.368. The van der Waals surface area contributed by atoms with Crippen LogP contribution in [0.2, 0.25) is 0 Å². The van der Waals surface area contributed by atoms with Gasteiger partial charge >= 0.3 is 0 Å². The van der Waals surface area contributed by atoms with Crippen LogP contribution in [0.4, 0.5) is 15.9 Å². The number of pyridine rings is 1. The summed E-state index contributed by atoms with van der Waals surface area (Å²) in [5, 5.41) is 6.04. The maximum atomic E-state index is 14.2. The molecule has 1 aliphatic heterocycles. The lowest BCUT2D eigenvalue weighted by Gasteiger charge is -2.36. The Bertz CT molecular complexity index is 1000. The van der Waals surface area contributed by atoms with Gasteiger partial charge in [0, 0.05) is 44.1 Å². The minimum atomic E-state index is -0.503. The molecule has 8 nitrogen and oxygen atoms in total. The molecule has 0 aliphatic carbocycles. The number of hydrogen-bond acceptors (Lipinski definition) is 6. The molecule has 0 spiro atoms. The highest BCUT2D eigenvalue weighted by molar-refractivity contribution is 6.02. The summed E-state index contributed by atoms with van der Waals surface area (Å²) < 4.78 is 15.7. The molecule has 9 heteroatoms. The van der Waals surface area contributed by atoms with Crippen LogP contribution in [0.3, 0.4) is 0 Å². The third kappa shape index (κ3) is 3.53. The molecule has 1 fully saturated rings. The summed E-state index contributed by atoms with van der Waals surface area (Å²) in [6, 6.07) is 1.60. The molecule has 3 aromatic rings. The van der Waals surface area contributed by atoms with Crippen molar-refractivity contribution in [2.75, 3.05) is 29.9 Å². The first-order valence-corrected chi connectivity index (χ1v) is 9.30. The Hall–Kier alpha value is -3.07. The molecule has 4 rings (SSSR count). The molecular weight excluding hydrogens is 361 g/mol. The van der Waals surface area contributed by atoms with E-state index in [-0.39, 0.29) is 11.3 Å². The van der Waals surface area contributed by atoms with Gasteiger partial charge in [0.05, 0.1) is 23.8 Å². The molecule has 1 unspecified atom stereocenters. The maximum absolute atomic E-state index is 14.2. The van der Waals surface area contributed by atoms with E-state index in [1.165, 1.54) is 12.3 Å². The van der Waals surface area contributed by atoms with Crippen LogP contribution in [0.15, 0.2) is 30.9 Å². The molecule has 3 aromatic heterocycles. The van der Waals surface area contributed by atoms with Crippen molar-refractivity contribution in [1.29, 1.82) is 0 Å². The molecule has 0 aromatic carbocycles. The highest BCUT2D eigenvalue weighted by Crippen LogP contribution is 2.18. The van der Waals surface area contributed by atoms with Gasteiger partial charge in [0.2, 0.25) is 0 Å². The van der Waals surface area contributed by atoms with Gasteiger partial charge in [0.1, 0.15) is 11.5 Å². The van der Waals surface area contributed by atoms with E-state index in [1.54, 1.807) is 29.9 Å². The maximum Gasteiger partial charge on any atom is 0.275 e. The van der Waals surface area contributed by atoms with Crippen LogP contribution in [0, 0.1) is 12.7 Å². The minimum absolute atomic E-state index is 0.175. The number of piperazine rings is 1. The first kappa shape index (κ1) is 18.3. The quantitative estimate of drug-likeness (QED) is 0.717. The molecule has 0 saturated carbocycles. The van der Waals surface area contributed by atoms with Crippen LogP contribution in [-0.2, 0) is 0 Å². The second-order valence-corrected chi connectivity index (χ2v) is 6.86. The SMILES string of the molecule is CCC1CNCCN1c1cnc(C(=O)Nc2cc(F)c3nc(C)cn3c2)cn1. The number of fused-ring (bicyclic) bond motifs is 1. The summed E-state index contributed by atoms with van der Waals surface area (Å²) in [4.78, 5) is 27.5. The van der Waals surface area contributed by atoms with Crippen LogP contribution in [0.25, 0.3) is 5.65 Å². The Morgan fingerprint density at radius 2 is 2.21 bits per heavy atom. The Kier molecular flexibility index (Phi) is 4.91. The summed E-state index contributed by atoms with van der Waals surface area (Å²) in [5.74, 6) is -0.190. The molecule has 4 heterocycles. The standard InChI is InChI=1S/C19H22FN7O/c1-3-14-7-21-4-5-27(14)17-9-22-16(8-23-17)19(28)25-13-6-15(20)18-24-12(2)10-26(18)11-13/h6,8-11,14,21H,3-5,7H2,1-2H3,(H,25,28). The van der Waals surface area contributed by atoms with Crippen molar-refractivity contribution in [3.63, 3.8) is 0 Å². The summed E-state index contributed by atoms with van der Waals surface area (Å²) in [6.45, 7) is 6.56. The van der Waals surface area contributed by atoms with E-state index in [4.69, 9.17) is 0 Å². The Morgan fingerprint density at radius 1 is 1.36 bits per heavy atom. The van der Waals surface area contributed by atoms with Crippen molar-refractivity contribution in [2.45, 2.75) is 26.3 Å². The molecular formula is C19H22FN7O. The van der Waals surface area contributed by atoms with E-state index in [2.05, 4.69) is 37.4 Å². The van der Waals surface area contributed by atoms with Gasteiger partial charge in [0.25, 0.3) is 5.91 Å². The minimum Gasteiger partial charge on any atom is -0.350 e. The van der Waals surface area contributed by atoms with E-state index in [1.807, 2.05) is 0 Å². The normalized spacial score (nSPS) is 17.1. The van der Waals surface area contributed by atoms with Crippen LogP contribution < -0.4 is 15.5 Å². The second-order valence-electron chi connectivity index (χ2n) is 6.86. The number of aromatic nitrogens is 4.